The summed E-state index contributed by atoms with van der Waals surface area (Å²) in [6.07, 6.45) is 1.54. The first-order chi connectivity index (χ1) is 3.27. The maximum atomic E-state index is 5.21. The third-order valence-electron chi connectivity index (χ3n) is 0.436. The van der Waals surface area contributed by atoms with Crippen molar-refractivity contribution in [3.63, 3.8) is 0 Å². The van der Waals surface area contributed by atoms with E-state index < -0.39 is 0 Å². The minimum atomic E-state index is 0.689. The number of hydrogen-bond acceptors (Lipinski definition) is 2. The van der Waals surface area contributed by atoms with Gasteiger partial charge in [-0.25, -0.2) is 0 Å². The molecule has 0 spiro atoms. The number of nitrogens with two attached hydrogens (primary N) is 1. The lowest BCUT2D eigenvalue weighted by Gasteiger charge is -1.91. The molecule has 0 saturated heterocycles. The molecule has 0 rings (SSSR count). The van der Waals surface area contributed by atoms with Gasteiger partial charge in [0.25, 0.3) is 0 Å². The van der Waals surface area contributed by atoms with Gasteiger partial charge in [0.2, 0.25) is 0 Å². The third kappa shape index (κ3) is 5.34. The Morgan fingerprint density at radius 1 is 1.86 bits per heavy atom. The van der Waals surface area contributed by atoms with Crippen molar-refractivity contribution >= 4 is 0 Å². The molecule has 0 amide bonds. The summed E-state index contributed by atoms with van der Waals surface area (Å²) >= 11 is 0. The molecule has 0 aliphatic carbocycles. The summed E-state index contributed by atoms with van der Waals surface area (Å²) < 4.78 is 4.81. The molecule has 0 aromatic carbocycles. The van der Waals surface area contributed by atoms with E-state index in [9.17, 15) is 0 Å². The van der Waals surface area contributed by atoms with Crippen LogP contribution in [0.3, 0.4) is 0 Å². The maximum absolute atomic E-state index is 5.21. The van der Waals surface area contributed by atoms with E-state index in [2.05, 4.69) is 0 Å². The Labute approximate surface area is 44.0 Å². The van der Waals surface area contributed by atoms with Gasteiger partial charge in [-0.15, -0.1) is 0 Å². The zero-order valence-electron chi connectivity index (χ0n) is 4.77. The third-order valence-corrected chi connectivity index (χ3v) is 0.436. The highest BCUT2D eigenvalue weighted by Crippen LogP contribution is 1.79. The van der Waals surface area contributed by atoms with E-state index >= 15 is 0 Å². The SMILES string of the molecule is CCO/C=C(/C)N. The smallest absolute Gasteiger partial charge is 0.101 e. The van der Waals surface area contributed by atoms with Crippen LogP contribution in [0.4, 0.5) is 0 Å². The van der Waals surface area contributed by atoms with E-state index in [1.165, 1.54) is 0 Å². The van der Waals surface area contributed by atoms with Crippen LogP contribution in [0.5, 0.6) is 0 Å². The van der Waals surface area contributed by atoms with E-state index in [1.807, 2.05) is 6.92 Å². The molecule has 0 unspecified atom stereocenters. The Balaban J connectivity index is 3.08. The summed E-state index contributed by atoms with van der Waals surface area (Å²) in [5.41, 5.74) is 5.92. The van der Waals surface area contributed by atoms with Crippen LogP contribution in [0.25, 0.3) is 0 Å². The van der Waals surface area contributed by atoms with Gasteiger partial charge >= 0.3 is 0 Å². The molecule has 0 heterocycles. The molecule has 2 N–H and O–H groups in total. The van der Waals surface area contributed by atoms with Gasteiger partial charge in [0.1, 0.15) is 6.26 Å². The van der Waals surface area contributed by atoms with Crippen LogP contribution < -0.4 is 5.73 Å². The fourth-order valence-corrected chi connectivity index (χ4v) is 0.215. The summed E-state index contributed by atoms with van der Waals surface area (Å²) in [5, 5.41) is 0. The first kappa shape index (κ1) is 6.34. The zero-order valence-corrected chi connectivity index (χ0v) is 4.77. The molecule has 7 heavy (non-hydrogen) atoms. The predicted octanol–water partition coefficient (Wildman–Crippen LogP) is 0.843. The van der Waals surface area contributed by atoms with Gasteiger partial charge in [0.15, 0.2) is 0 Å². The molecule has 0 aliphatic rings. The normalized spacial score (nSPS) is 11.4. The molecule has 0 aromatic rings. The Morgan fingerprint density at radius 2 is 2.43 bits per heavy atom. The second kappa shape index (κ2) is 3.53. The van der Waals surface area contributed by atoms with Crippen molar-refractivity contribution in [1.82, 2.24) is 0 Å². The highest BCUT2D eigenvalue weighted by Gasteiger charge is 1.71. The predicted molar refractivity (Wildman–Crippen MR) is 29.6 cm³/mol. The summed E-state index contributed by atoms with van der Waals surface area (Å²) in [7, 11) is 0. The van der Waals surface area contributed by atoms with Gasteiger partial charge in [0, 0.05) is 5.70 Å². The highest BCUT2D eigenvalue weighted by molar-refractivity contribution is 4.83. The van der Waals surface area contributed by atoms with Gasteiger partial charge in [-0.3, -0.25) is 0 Å². The molecule has 42 valence electrons. The Kier molecular flexibility index (Phi) is 3.19. The van der Waals surface area contributed by atoms with Crippen LogP contribution in [0.15, 0.2) is 12.0 Å². The molecule has 0 fully saturated rings. The molecular weight excluding hydrogens is 90.1 g/mol. The van der Waals surface area contributed by atoms with E-state index in [-0.39, 0.29) is 0 Å². The standard InChI is InChI=1S/C5H11NO/c1-3-7-4-5(2)6/h4H,3,6H2,1-2H3/b5-4-. The van der Waals surface area contributed by atoms with Gasteiger partial charge in [0.05, 0.1) is 6.61 Å². The highest BCUT2D eigenvalue weighted by atomic mass is 16.5. The van der Waals surface area contributed by atoms with Crippen molar-refractivity contribution < 1.29 is 4.74 Å². The molecule has 0 aliphatic heterocycles. The average molecular weight is 101 g/mol. The first-order valence-electron chi connectivity index (χ1n) is 2.31. The van der Waals surface area contributed by atoms with Gasteiger partial charge < -0.3 is 10.5 Å². The summed E-state index contributed by atoms with van der Waals surface area (Å²) in [6.45, 7) is 4.39. The minimum absolute atomic E-state index is 0.689. The molecule has 0 aromatic heterocycles. The van der Waals surface area contributed by atoms with Crippen LogP contribution in [0.2, 0.25) is 0 Å². The monoisotopic (exact) mass is 101 g/mol. The lowest BCUT2D eigenvalue weighted by Crippen LogP contribution is -1.91. The topological polar surface area (TPSA) is 35.2 Å². The van der Waals surface area contributed by atoms with Crippen molar-refractivity contribution in [2.75, 3.05) is 6.61 Å². The van der Waals surface area contributed by atoms with Gasteiger partial charge in [-0.05, 0) is 13.8 Å². The van der Waals surface area contributed by atoms with Crippen molar-refractivity contribution in [3.05, 3.63) is 12.0 Å². The summed E-state index contributed by atoms with van der Waals surface area (Å²) in [5.74, 6) is 0. The zero-order chi connectivity index (χ0) is 5.70. The lowest BCUT2D eigenvalue weighted by atomic mass is 10.6. The van der Waals surface area contributed by atoms with Gasteiger partial charge in [-0.2, -0.15) is 0 Å². The minimum Gasteiger partial charge on any atom is -0.500 e. The molecule has 0 atom stereocenters. The molecule has 0 radical (unpaired) electrons. The molecular formula is C5H11NO. The summed E-state index contributed by atoms with van der Waals surface area (Å²) in [6, 6.07) is 0. The molecule has 2 nitrogen and oxygen atoms in total. The van der Waals surface area contributed by atoms with Gasteiger partial charge in [-0.1, -0.05) is 0 Å². The largest absolute Gasteiger partial charge is 0.500 e. The molecule has 0 saturated carbocycles. The van der Waals surface area contributed by atoms with Crippen LogP contribution in [0.1, 0.15) is 13.8 Å². The van der Waals surface area contributed by atoms with E-state index in [0.29, 0.717) is 12.3 Å². The van der Waals surface area contributed by atoms with Crippen molar-refractivity contribution in [2.45, 2.75) is 13.8 Å². The Hall–Kier alpha value is -0.660. The lowest BCUT2D eigenvalue weighted by molar-refractivity contribution is 0.266. The first-order valence-corrected chi connectivity index (χ1v) is 2.31. The van der Waals surface area contributed by atoms with Crippen LogP contribution in [-0.2, 0) is 4.74 Å². The van der Waals surface area contributed by atoms with Crippen LogP contribution in [0, 0.1) is 0 Å². The second-order valence-corrected chi connectivity index (χ2v) is 1.32. The fourth-order valence-electron chi connectivity index (χ4n) is 0.215. The molecule has 0 bridgehead atoms. The van der Waals surface area contributed by atoms with E-state index in [4.69, 9.17) is 10.5 Å². The van der Waals surface area contributed by atoms with Crippen LogP contribution in [-0.4, -0.2) is 6.61 Å². The Morgan fingerprint density at radius 3 is 2.57 bits per heavy atom. The number of allylic oxidation sites excluding steroid dienone is 1. The maximum Gasteiger partial charge on any atom is 0.101 e. The number of hydrogen-bond donors (Lipinski definition) is 1. The number of rotatable bonds is 2. The van der Waals surface area contributed by atoms with E-state index in [0.717, 1.165) is 0 Å². The van der Waals surface area contributed by atoms with Crippen LogP contribution >= 0.6 is 0 Å². The average Bonchev–Trinajstić information content (AvgIpc) is 1.61. The quantitative estimate of drug-likeness (QED) is 0.523. The second-order valence-electron chi connectivity index (χ2n) is 1.32. The van der Waals surface area contributed by atoms with Crippen molar-refractivity contribution in [2.24, 2.45) is 5.73 Å². The van der Waals surface area contributed by atoms with Crippen molar-refractivity contribution in [3.8, 4) is 0 Å². The Bertz CT molecular complexity index is 64.5. The van der Waals surface area contributed by atoms with E-state index in [1.54, 1.807) is 13.2 Å². The molecule has 2 heteroatoms. The number of ether oxygens (including phenoxy) is 1. The summed E-state index contributed by atoms with van der Waals surface area (Å²) in [4.78, 5) is 0. The van der Waals surface area contributed by atoms with Crippen molar-refractivity contribution in [1.29, 1.82) is 0 Å². The fraction of sp³-hybridized carbons (Fsp3) is 0.600.